The van der Waals surface area contributed by atoms with Crippen LogP contribution in [0.25, 0.3) is 0 Å². The molecule has 0 spiro atoms. The molecule has 0 aromatic carbocycles. The monoisotopic (exact) mass is 294 g/mol. The van der Waals surface area contributed by atoms with Crippen LogP contribution in [-0.4, -0.2) is 54.0 Å². The molecule has 1 aromatic heterocycles. The summed E-state index contributed by atoms with van der Waals surface area (Å²) in [5.74, 6) is 0.761. The molecule has 1 unspecified atom stereocenters. The first-order valence-electron chi connectivity index (χ1n) is 7.49. The largest absolute Gasteiger partial charge is 0.391 e. The van der Waals surface area contributed by atoms with Gasteiger partial charge in [0.15, 0.2) is 0 Å². The number of morpholine rings is 1. The van der Waals surface area contributed by atoms with Gasteiger partial charge >= 0.3 is 0 Å². The second-order valence-electron chi connectivity index (χ2n) is 6.50. The molecule has 1 aliphatic heterocycles. The van der Waals surface area contributed by atoms with Gasteiger partial charge in [-0.2, -0.15) is 0 Å². The molecule has 118 valence electrons. The number of hydrogen-bond donors (Lipinski definition) is 2. The van der Waals surface area contributed by atoms with E-state index in [1.54, 1.807) is 0 Å². The molecule has 1 aliphatic rings. The summed E-state index contributed by atoms with van der Waals surface area (Å²) >= 11 is 0. The Hall–Kier alpha value is -1.24. The highest BCUT2D eigenvalue weighted by molar-refractivity contribution is 5.30. The molecular weight excluding hydrogens is 268 g/mol. The van der Waals surface area contributed by atoms with Crippen LogP contribution in [0.15, 0.2) is 12.4 Å². The van der Waals surface area contributed by atoms with Crippen LogP contribution in [0.1, 0.15) is 26.3 Å². The van der Waals surface area contributed by atoms with E-state index in [0.29, 0.717) is 13.1 Å². The van der Waals surface area contributed by atoms with Crippen LogP contribution in [0, 0.1) is 5.41 Å². The van der Waals surface area contributed by atoms with Crippen LogP contribution in [-0.2, 0) is 11.3 Å². The van der Waals surface area contributed by atoms with E-state index in [0.717, 1.165) is 37.8 Å². The predicted octanol–water partition coefficient (Wildman–Crippen LogP) is 0.810. The minimum Gasteiger partial charge on any atom is -0.391 e. The Morgan fingerprint density at radius 3 is 2.48 bits per heavy atom. The first kappa shape index (κ1) is 16.1. The fraction of sp³-hybridized carbons (Fsp3) is 0.733. The molecule has 21 heavy (non-hydrogen) atoms. The van der Waals surface area contributed by atoms with Crippen molar-refractivity contribution >= 4 is 5.95 Å². The van der Waals surface area contributed by atoms with Crippen molar-refractivity contribution in [2.45, 2.75) is 33.4 Å². The van der Waals surface area contributed by atoms with E-state index in [1.807, 2.05) is 33.2 Å². The fourth-order valence-electron chi connectivity index (χ4n) is 2.03. The van der Waals surface area contributed by atoms with Crippen LogP contribution in [0.3, 0.4) is 0 Å². The number of aromatic nitrogens is 2. The molecular formula is C15H26N4O2. The van der Waals surface area contributed by atoms with Gasteiger partial charge in [-0.15, -0.1) is 0 Å². The summed E-state index contributed by atoms with van der Waals surface area (Å²) in [7, 11) is 0. The Morgan fingerprint density at radius 1 is 1.29 bits per heavy atom. The lowest BCUT2D eigenvalue weighted by molar-refractivity contribution is 0.0627. The summed E-state index contributed by atoms with van der Waals surface area (Å²) in [5, 5.41) is 13.2. The molecule has 6 nitrogen and oxygen atoms in total. The molecule has 6 heteroatoms. The minimum atomic E-state index is -0.369. The average molecular weight is 294 g/mol. The maximum absolute atomic E-state index is 9.97. The quantitative estimate of drug-likeness (QED) is 0.837. The molecule has 0 radical (unpaired) electrons. The summed E-state index contributed by atoms with van der Waals surface area (Å²) in [6, 6.07) is 0. The summed E-state index contributed by atoms with van der Waals surface area (Å²) in [4.78, 5) is 10.9. The van der Waals surface area contributed by atoms with Gasteiger partial charge in [-0.1, -0.05) is 20.8 Å². The van der Waals surface area contributed by atoms with E-state index in [2.05, 4.69) is 20.2 Å². The van der Waals surface area contributed by atoms with Crippen molar-refractivity contribution in [1.29, 1.82) is 0 Å². The van der Waals surface area contributed by atoms with Crippen molar-refractivity contribution in [3.8, 4) is 0 Å². The zero-order chi connectivity index (χ0) is 15.3. The highest BCUT2D eigenvalue weighted by Gasteiger charge is 2.21. The minimum absolute atomic E-state index is 0.107. The first-order chi connectivity index (χ1) is 9.97. The second-order valence-corrected chi connectivity index (χ2v) is 6.50. The first-order valence-corrected chi connectivity index (χ1v) is 7.49. The molecule has 2 N–H and O–H groups in total. The lowest BCUT2D eigenvalue weighted by atomic mass is 9.89. The number of hydrogen-bond acceptors (Lipinski definition) is 6. The summed E-state index contributed by atoms with van der Waals surface area (Å²) in [6.45, 7) is 10.5. The Bertz CT molecular complexity index is 424. The van der Waals surface area contributed by atoms with E-state index in [4.69, 9.17) is 4.74 Å². The van der Waals surface area contributed by atoms with E-state index in [1.165, 1.54) is 0 Å². The molecule has 0 aliphatic carbocycles. The van der Waals surface area contributed by atoms with Crippen molar-refractivity contribution in [3.63, 3.8) is 0 Å². The average Bonchev–Trinajstić information content (AvgIpc) is 2.48. The Kier molecular flexibility index (Phi) is 5.50. The lowest BCUT2D eigenvalue weighted by Crippen LogP contribution is -2.37. The summed E-state index contributed by atoms with van der Waals surface area (Å²) in [5.41, 5.74) is 0.914. The molecule has 2 heterocycles. The van der Waals surface area contributed by atoms with Crippen LogP contribution < -0.4 is 10.2 Å². The Balaban J connectivity index is 1.79. The third kappa shape index (κ3) is 4.91. The molecule has 1 atom stereocenters. The SMILES string of the molecule is CC(C)(C)C(O)CNCc1cnc(N2CCOCC2)nc1. The van der Waals surface area contributed by atoms with Crippen molar-refractivity contribution in [3.05, 3.63) is 18.0 Å². The number of nitrogens with one attached hydrogen (secondary N) is 1. The van der Waals surface area contributed by atoms with Crippen LogP contribution in [0.5, 0.6) is 0 Å². The van der Waals surface area contributed by atoms with Gasteiger partial charge in [0.1, 0.15) is 0 Å². The van der Waals surface area contributed by atoms with Gasteiger partial charge < -0.3 is 20.1 Å². The predicted molar refractivity (Wildman–Crippen MR) is 82.2 cm³/mol. The van der Waals surface area contributed by atoms with Gasteiger partial charge in [-0.05, 0) is 5.41 Å². The smallest absolute Gasteiger partial charge is 0.225 e. The molecule has 1 saturated heterocycles. The van der Waals surface area contributed by atoms with Crippen LogP contribution >= 0.6 is 0 Å². The third-order valence-electron chi connectivity index (χ3n) is 3.65. The maximum atomic E-state index is 9.97. The van der Waals surface area contributed by atoms with E-state index in [-0.39, 0.29) is 11.5 Å². The topological polar surface area (TPSA) is 70.5 Å². The van der Waals surface area contributed by atoms with Crippen molar-refractivity contribution in [2.24, 2.45) is 5.41 Å². The lowest BCUT2D eigenvalue weighted by Gasteiger charge is -2.27. The number of rotatable bonds is 5. The van der Waals surface area contributed by atoms with E-state index in [9.17, 15) is 5.11 Å². The van der Waals surface area contributed by atoms with Gasteiger partial charge in [0.25, 0.3) is 0 Å². The number of nitrogens with zero attached hydrogens (tertiary/aromatic N) is 3. The highest BCUT2D eigenvalue weighted by atomic mass is 16.5. The third-order valence-corrected chi connectivity index (χ3v) is 3.65. The Morgan fingerprint density at radius 2 is 1.90 bits per heavy atom. The van der Waals surface area contributed by atoms with Crippen molar-refractivity contribution in [2.75, 3.05) is 37.7 Å². The Labute approximate surface area is 126 Å². The normalized spacial score (nSPS) is 17.8. The molecule has 2 rings (SSSR count). The zero-order valence-electron chi connectivity index (χ0n) is 13.2. The molecule has 0 amide bonds. The molecule has 0 saturated carbocycles. The standard InChI is InChI=1S/C15H26N4O2/c1-15(2,3)13(20)11-16-8-12-9-17-14(18-10-12)19-4-6-21-7-5-19/h9-10,13,16,20H,4-8,11H2,1-3H3. The van der Waals surface area contributed by atoms with Gasteiger partial charge in [-0.25, -0.2) is 9.97 Å². The fourth-order valence-corrected chi connectivity index (χ4v) is 2.03. The van der Waals surface area contributed by atoms with Crippen LogP contribution in [0.2, 0.25) is 0 Å². The van der Waals surface area contributed by atoms with Gasteiger partial charge in [0.2, 0.25) is 5.95 Å². The maximum Gasteiger partial charge on any atom is 0.225 e. The summed E-state index contributed by atoms with van der Waals surface area (Å²) in [6.07, 6.45) is 3.31. The number of anilines is 1. The summed E-state index contributed by atoms with van der Waals surface area (Å²) < 4.78 is 5.32. The van der Waals surface area contributed by atoms with E-state index < -0.39 is 0 Å². The zero-order valence-corrected chi connectivity index (χ0v) is 13.2. The van der Waals surface area contributed by atoms with Crippen molar-refractivity contribution in [1.82, 2.24) is 15.3 Å². The van der Waals surface area contributed by atoms with Gasteiger partial charge in [-0.3, -0.25) is 0 Å². The van der Waals surface area contributed by atoms with E-state index >= 15 is 0 Å². The number of aliphatic hydroxyl groups is 1. The number of aliphatic hydroxyl groups excluding tert-OH is 1. The number of ether oxygens (including phenoxy) is 1. The highest BCUT2D eigenvalue weighted by Crippen LogP contribution is 2.18. The van der Waals surface area contributed by atoms with Gasteiger partial charge in [0.05, 0.1) is 19.3 Å². The van der Waals surface area contributed by atoms with Crippen LogP contribution in [0.4, 0.5) is 5.95 Å². The van der Waals surface area contributed by atoms with Crippen molar-refractivity contribution < 1.29 is 9.84 Å². The second kappa shape index (κ2) is 7.15. The molecule has 1 aromatic rings. The molecule has 1 fully saturated rings. The molecule has 0 bridgehead atoms. The van der Waals surface area contributed by atoms with Gasteiger partial charge in [0, 0.05) is 44.1 Å².